The molecule has 1 fully saturated rings. The Hall–Kier alpha value is -1.83. The molecule has 1 saturated heterocycles. The van der Waals surface area contributed by atoms with Crippen LogP contribution >= 0.6 is 12.6 Å². The largest absolute Gasteiger partial charge is 0.326 e. The maximum Gasteiger partial charge on any atom is 0.243 e. The summed E-state index contributed by atoms with van der Waals surface area (Å²) in [4.78, 5) is 13.6. The molecule has 1 amide bonds. The molecule has 0 aliphatic carbocycles. The fraction of sp³-hybridized carbons (Fsp3) is 0.350. The standard InChI is InChI=1S/C20H24N2O3S2/c1-14-6-7-19(15(2)12-14)27(24,25)22-10-8-16(9-11-22)20(23)21-17-4-3-5-18(26)13-17/h3-7,12-13,16,26H,8-11H2,1-2H3,(H,21,23). The zero-order valence-electron chi connectivity index (χ0n) is 15.5. The highest BCUT2D eigenvalue weighted by atomic mass is 32.2. The lowest BCUT2D eigenvalue weighted by molar-refractivity contribution is -0.120. The maximum atomic E-state index is 12.9. The van der Waals surface area contributed by atoms with Gasteiger partial charge in [0.25, 0.3) is 0 Å². The van der Waals surface area contributed by atoms with Gasteiger partial charge in [-0.25, -0.2) is 8.42 Å². The van der Waals surface area contributed by atoms with E-state index in [1.807, 2.05) is 44.2 Å². The van der Waals surface area contributed by atoms with Crippen molar-refractivity contribution in [2.24, 2.45) is 5.92 Å². The minimum atomic E-state index is -3.53. The van der Waals surface area contributed by atoms with E-state index in [4.69, 9.17) is 0 Å². The highest BCUT2D eigenvalue weighted by molar-refractivity contribution is 7.89. The Labute approximate surface area is 166 Å². The van der Waals surface area contributed by atoms with Crippen LogP contribution in [0.4, 0.5) is 5.69 Å². The van der Waals surface area contributed by atoms with Gasteiger partial charge in [-0.2, -0.15) is 4.31 Å². The number of carbonyl (C=O) groups is 1. The molecule has 0 saturated carbocycles. The third kappa shape index (κ3) is 4.54. The number of rotatable bonds is 4. The summed E-state index contributed by atoms with van der Waals surface area (Å²) < 4.78 is 27.4. The first kappa shape index (κ1) is 19.9. The van der Waals surface area contributed by atoms with E-state index >= 15 is 0 Å². The van der Waals surface area contributed by atoms with Gasteiger partial charge < -0.3 is 5.32 Å². The van der Waals surface area contributed by atoms with Crippen LogP contribution in [0.1, 0.15) is 24.0 Å². The first-order valence-corrected chi connectivity index (χ1v) is 10.8. The van der Waals surface area contributed by atoms with Gasteiger partial charge in [0.15, 0.2) is 0 Å². The van der Waals surface area contributed by atoms with Crippen molar-refractivity contribution in [2.45, 2.75) is 36.5 Å². The summed E-state index contributed by atoms with van der Waals surface area (Å²) in [6, 6.07) is 12.6. The maximum absolute atomic E-state index is 12.9. The van der Waals surface area contributed by atoms with Gasteiger partial charge in [0.2, 0.25) is 15.9 Å². The third-order valence-electron chi connectivity index (χ3n) is 4.89. The lowest BCUT2D eigenvalue weighted by Crippen LogP contribution is -2.41. The number of piperidine rings is 1. The topological polar surface area (TPSA) is 66.5 Å². The average Bonchev–Trinajstić information content (AvgIpc) is 2.61. The van der Waals surface area contributed by atoms with E-state index in [9.17, 15) is 13.2 Å². The van der Waals surface area contributed by atoms with Crippen LogP contribution in [0, 0.1) is 19.8 Å². The highest BCUT2D eigenvalue weighted by Crippen LogP contribution is 2.27. The van der Waals surface area contributed by atoms with Gasteiger partial charge in [-0.1, -0.05) is 23.8 Å². The third-order valence-corrected chi connectivity index (χ3v) is 7.22. The fourth-order valence-corrected chi connectivity index (χ4v) is 5.31. The van der Waals surface area contributed by atoms with E-state index in [0.717, 1.165) is 16.0 Å². The number of aryl methyl sites for hydroxylation is 2. The van der Waals surface area contributed by atoms with Crippen molar-refractivity contribution in [1.29, 1.82) is 0 Å². The molecule has 3 rings (SSSR count). The van der Waals surface area contributed by atoms with Crippen molar-refractivity contribution in [3.05, 3.63) is 53.6 Å². The second kappa shape index (κ2) is 8.04. The second-order valence-electron chi connectivity index (χ2n) is 6.99. The normalized spacial score (nSPS) is 16.3. The average molecular weight is 405 g/mol. The Bertz CT molecular complexity index is 949. The summed E-state index contributed by atoms with van der Waals surface area (Å²) in [5.74, 6) is -0.267. The fourth-order valence-electron chi connectivity index (χ4n) is 3.41. The van der Waals surface area contributed by atoms with E-state index in [2.05, 4.69) is 17.9 Å². The van der Waals surface area contributed by atoms with Crippen molar-refractivity contribution in [1.82, 2.24) is 4.31 Å². The zero-order chi connectivity index (χ0) is 19.6. The number of hydrogen-bond acceptors (Lipinski definition) is 4. The van der Waals surface area contributed by atoms with Crippen molar-refractivity contribution >= 4 is 34.2 Å². The van der Waals surface area contributed by atoms with E-state index in [1.165, 1.54) is 4.31 Å². The van der Waals surface area contributed by atoms with Crippen molar-refractivity contribution in [3.63, 3.8) is 0 Å². The molecule has 2 aromatic rings. The lowest BCUT2D eigenvalue weighted by Gasteiger charge is -2.31. The number of anilines is 1. The molecule has 1 N–H and O–H groups in total. The summed E-state index contributed by atoms with van der Waals surface area (Å²) in [5.41, 5.74) is 2.49. The summed E-state index contributed by atoms with van der Waals surface area (Å²) in [6.07, 6.45) is 1.02. The Morgan fingerprint density at radius 2 is 1.81 bits per heavy atom. The number of carbonyl (C=O) groups excluding carboxylic acids is 1. The molecule has 0 atom stereocenters. The second-order valence-corrected chi connectivity index (χ2v) is 9.41. The summed E-state index contributed by atoms with van der Waals surface area (Å²) in [6.45, 7) is 4.45. The molecule has 1 heterocycles. The monoisotopic (exact) mass is 404 g/mol. The van der Waals surface area contributed by atoms with Crippen LogP contribution in [-0.2, 0) is 14.8 Å². The highest BCUT2D eigenvalue weighted by Gasteiger charge is 2.32. The molecule has 0 radical (unpaired) electrons. The number of nitrogens with one attached hydrogen (secondary N) is 1. The molecule has 0 spiro atoms. The molecule has 27 heavy (non-hydrogen) atoms. The van der Waals surface area contributed by atoms with Crippen LogP contribution < -0.4 is 5.32 Å². The predicted molar refractivity (Wildman–Crippen MR) is 110 cm³/mol. The number of nitrogens with zero attached hydrogens (tertiary/aromatic N) is 1. The SMILES string of the molecule is Cc1ccc(S(=O)(=O)N2CCC(C(=O)Nc3cccc(S)c3)CC2)c(C)c1. The van der Waals surface area contributed by atoms with E-state index in [1.54, 1.807) is 12.1 Å². The smallest absolute Gasteiger partial charge is 0.243 e. The number of amides is 1. The number of sulfonamides is 1. The van der Waals surface area contributed by atoms with Crippen LogP contribution in [0.3, 0.4) is 0 Å². The molecule has 5 nitrogen and oxygen atoms in total. The number of hydrogen-bond donors (Lipinski definition) is 2. The molecular weight excluding hydrogens is 380 g/mol. The van der Waals surface area contributed by atoms with Crippen molar-refractivity contribution in [2.75, 3.05) is 18.4 Å². The molecule has 1 aliphatic rings. The first-order chi connectivity index (χ1) is 12.8. The number of benzene rings is 2. The Morgan fingerprint density at radius 3 is 2.44 bits per heavy atom. The molecule has 7 heteroatoms. The predicted octanol–water partition coefficient (Wildman–Crippen LogP) is 3.63. The van der Waals surface area contributed by atoms with Crippen LogP contribution in [0.2, 0.25) is 0 Å². The van der Waals surface area contributed by atoms with Gasteiger partial charge in [0.1, 0.15) is 0 Å². The zero-order valence-corrected chi connectivity index (χ0v) is 17.2. The molecule has 144 valence electrons. The van der Waals surface area contributed by atoms with E-state index < -0.39 is 10.0 Å². The van der Waals surface area contributed by atoms with Gasteiger partial charge in [-0.3, -0.25) is 4.79 Å². The number of thiol groups is 1. The van der Waals surface area contributed by atoms with Crippen LogP contribution in [0.25, 0.3) is 0 Å². The van der Waals surface area contributed by atoms with Crippen LogP contribution in [0.5, 0.6) is 0 Å². The van der Waals surface area contributed by atoms with Gasteiger partial charge in [-0.15, -0.1) is 12.6 Å². The Morgan fingerprint density at radius 1 is 1.11 bits per heavy atom. The minimum absolute atomic E-state index is 0.0718. The van der Waals surface area contributed by atoms with Crippen molar-refractivity contribution in [3.8, 4) is 0 Å². The van der Waals surface area contributed by atoms with E-state index in [-0.39, 0.29) is 11.8 Å². The summed E-state index contributed by atoms with van der Waals surface area (Å²) in [5, 5.41) is 2.90. The molecule has 0 bridgehead atoms. The van der Waals surface area contributed by atoms with Crippen LogP contribution in [0.15, 0.2) is 52.3 Å². The molecular formula is C20H24N2O3S2. The van der Waals surface area contributed by atoms with Gasteiger partial charge in [0.05, 0.1) is 4.90 Å². The quantitative estimate of drug-likeness (QED) is 0.765. The molecule has 0 aromatic heterocycles. The lowest BCUT2D eigenvalue weighted by atomic mass is 9.97. The summed E-state index contributed by atoms with van der Waals surface area (Å²) in [7, 11) is -3.53. The molecule has 1 aliphatic heterocycles. The van der Waals surface area contributed by atoms with Gasteiger partial charge in [0, 0.05) is 29.6 Å². The first-order valence-electron chi connectivity index (χ1n) is 8.94. The van der Waals surface area contributed by atoms with E-state index in [0.29, 0.717) is 36.5 Å². The minimum Gasteiger partial charge on any atom is -0.326 e. The van der Waals surface area contributed by atoms with Crippen LogP contribution in [-0.4, -0.2) is 31.7 Å². The van der Waals surface area contributed by atoms with Gasteiger partial charge in [-0.05, 0) is 56.5 Å². The summed E-state index contributed by atoms with van der Waals surface area (Å²) >= 11 is 4.27. The molecule has 0 unspecified atom stereocenters. The van der Waals surface area contributed by atoms with Gasteiger partial charge >= 0.3 is 0 Å². The molecule has 2 aromatic carbocycles. The Kier molecular flexibility index (Phi) is 5.93. The van der Waals surface area contributed by atoms with Crippen molar-refractivity contribution < 1.29 is 13.2 Å². The Balaban J connectivity index is 1.65.